The number of piperazine rings is 1. The number of hydrogen-bond acceptors (Lipinski definition) is 6. The van der Waals surface area contributed by atoms with Crippen LogP contribution in [0.25, 0.3) is 0 Å². The number of carbonyl (C=O) groups excluding carboxylic acids is 2. The smallest absolute Gasteiger partial charge is 0.415 e. The molecule has 2 aliphatic heterocycles. The van der Waals surface area contributed by atoms with Gasteiger partial charge in [0.15, 0.2) is 0 Å². The second-order valence-corrected chi connectivity index (χ2v) is 7.48. The second kappa shape index (κ2) is 10.2. The van der Waals surface area contributed by atoms with Crippen molar-refractivity contribution in [2.24, 2.45) is 0 Å². The lowest BCUT2D eigenvalue weighted by Crippen LogP contribution is -2.49. The van der Waals surface area contributed by atoms with E-state index in [1.54, 1.807) is 15.9 Å². The lowest BCUT2D eigenvalue weighted by molar-refractivity contribution is 0.0416. The molecule has 2 aromatic rings. The molecule has 0 aliphatic carbocycles. The van der Waals surface area contributed by atoms with E-state index in [0.29, 0.717) is 58.2 Å². The summed E-state index contributed by atoms with van der Waals surface area (Å²) in [6, 6.07) is 17.1. The van der Waals surface area contributed by atoms with Gasteiger partial charge in [0, 0.05) is 51.0 Å². The number of morpholine rings is 1. The molecule has 4 rings (SSSR count). The fraction of sp³-hybridized carbons (Fsp3) is 0.391. The quantitative estimate of drug-likeness (QED) is 0.750. The lowest BCUT2D eigenvalue weighted by atomic mass is 10.2. The van der Waals surface area contributed by atoms with Gasteiger partial charge in [-0.15, -0.1) is 0 Å². The van der Waals surface area contributed by atoms with Crippen molar-refractivity contribution >= 4 is 17.9 Å². The molecule has 2 aromatic carbocycles. The standard InChI is InChI=1S/C23H27N3O5/c27-22(30-18-19-5-2-1-3-6-19)25-11-9-24(10-12-25)20-7-4-8-21(17-20)31-23(28)26-13-15-29-16-14-26/h1-8,17H,9-16,18H2. The van der Waals surface area contributed by atoms with Crippen molar-refractivity contribution in [3.8, 4) is 5.75 Å². The largest absolute Gasteiger partial charge is 0.445 e. The first-order valence-electron chi connectivity index (χ1n) is 10.5. The third-order valence-corrected chi connectivity index (χ3v) is 5.40. The summed E-state index contributed by atoms with van der Waals surface area (Å²) in [6.07, 6.45) is -0.650. The van der Waals surface area contributed by atoms with E-state index in [1.807, 2.05) is 48.5 Å². The Bertz CT molecular complexity index is 878. The molecule has 2 aliphatic rings. The molecule has 2 heterocycles. The highest BCUT2D eigenvalue weighted by Gasteiger charge is 2.23. The highest BCUT2D eigenvalue weighted by atomic mass is 16.6. The number of anilines is 1. The molecule has 2 fully saturated rings. The molecule has 0 radical (unpaired) electrons. The van der Waals surface area contributed by atoms with Crippen molar-refractivity contribution in [2.75, 3.05) is 57.4 Å². The van der Waals surface area contributed by atoms with Crippen LogP contribution in [0.4, 0.5) is 15.3 Å². The third-order valence-electron chi connectivity index (χ3n) is 5.40. The molecule has 0 aromatic heterocycles. The molecule has 0 saturated carbocycles. The minimum Gasteiger partial charge on any atom is -0.445 e. The Labute approximate surface area is 181 Å². The van der Waals surface area contributed by atoms with Crippen molar-refractivity contribution in [3.05, 3.63) is 60.2 Å². The van der Waals surface area contributed by atoms with Gasteiger partial charge in [0.25, 0.3) is 0 Å². The van der Waals surface area contributed by atoms with Crippen LogP contribution in [0.15, 0.2) is 54.6 Å². The first kappa shape index (κ1) is 21.0. The summed E-state index contributed by atoms with van der Waals surface area (Å²) >= 11 is 0. The third kappa shape index (κ3) is 5.67. The number of carbonyl (C=O) groups is 2. The summed E-state index contributed by atoms with van der Waals surface area (Å²) in [4.78, 5) is 30.2. The van der Waals surface area contributed by atoms with E-state index >= 15 is 0 Å². The van der Waals surface area contributed by atoms with E-state index in [-0.39, 0.29) is 18.8 Å². The van der Waals surface area contributed by atoms with E-state index in [9.17, 15) is 9.59 Å². The van der Waals surface area contributed by atoms with Crippen LogP contribution < -0.4 is 9.64 Å². The Morgan fingerprint density at radius 3 is 2.26 bits per heavy atom. The average molecular weight is 425 g/mol. The van der Waals surface area contributed by atoms with Gasteiger partial charge >= 0.3 is 12.2 Å². The van der Waals surface area contributed by atoms with Crippen LogP contribution in [0.3, 0.4) is 0 Å². The van der Waals surface area contributed by atoms with Gasteiger partial charge in [0.1, 0.15) is 12.4 Å². The number of rotatable bonds is 4. The minimum absolute atomic E-state index is 0.274. The van der Waals surface area contributed by atoms with Crippen molar-refractivity contribution in [1.82, 2.24) is 9.80 Å². The molecule has 164 valence electrons. The molecule has 0 N–H and O–H groups in total. The van der Waals surface area contributed by atoms with Gasteiger partial charge in [-0.1, -0.05) is 36.4 Å². The number of hydrogen-bond donors (Lipinski definition) is 0. The van der Waals surface area contributed by atoms with Gasteiger partial charge in [0.05, 0.1) is 13.2 Å². The minimum atomic E-state index is -0.355. The average Bonchev–Trinajstić information content (AvgIpc) is 2.84. The zero-order chi connectivity index (χ0) is 21.5. The topological polar surface area (TPSA) is 71.6 Å². The summed E-state index contributed by atoms with van der Waals surface area (Å²) in [5.74, 6) is 0.513. The Hall–Kier alpha value is -3.26. The summed E-state index contributed by atoms with van der Waals surface area (Å²) in [6.45, 7) is 4.94. The molecular weight excluding hydrogens is 398 g/mol. The number of amides is 2. The van der Waals surface area contributed by atoms with E-state index in [4.69, 9.17) is 14.2 Å². The lowest BCUT2D eigenvalue weighted by Gasteiger charge is -2.35. The second-order valence-electron chi connectivity index (χ2n) is 7.48. The highest BCUT2D eigenvalue weighted by Crippen LogP contribution is 2.23. The van der Waals surface area contributed by atoms with Crippen LogP contribution in [0, 0.1) is 0 Å². The van der Waals surface area contributed by atoms with Crippen molar-refractivity contribution < 1.29 is 23.8 Å². The molecule has 0 unspecified atom stereocenters. The molecule has 0 spiro atoms. The van der Waals surface area contributed by atoms with Crippen LogP contribution in [-0.2, 0) is 16.1 Å². The van der Waals surface area contributed by atoms with Crippen LogP contribution in [0.5, 0.6) is 5.75 Å². The van der Waals surface area contributed by atoms with E-state index in [1.165, 1.54) is 0 Å². The zero-order valence-corrected chi connectivity index (χ0v) is 17.4. The van der Waals surface area contributed by atoms with Crippen molar-refractivity contribution in [2.45, 2.75) is 6.61 Å². The van der Waals surface area contributed by atoms with Crippen molar-refractivity contribution in [3.63, 3.8) is 0 Å². The van der Waals surface area contributed by atoms with Gasteiger partial charge < -0.3 is 28.9 Å². The van der Waals surface area contributed by atoms with E-state index in [2.05, 4.69) is 4.90 Å². The first-order chi connectivity index (χ1) is 15.2. The summed E-state index contributed by atoms with van der Waals surface area (Å²) in [5, 5.41) is 0. The molecule has 2 saturated heterocycles. The predicted octanol–water partition coefficient (Wildman–Crippen LogP) is 2.98. The zero-order valence-electron chi connectivity index (χ0n) is 17.4. The Balaban J connectivity index is 1.27. The summed E-state index contributed by atoms with van der Waals surface area (Å²) in [5.41, 5.74) is 1.93. The van der Waals surface area contributed by atoms with Gasteiger partial charge in [-0.05, 0) is 17.7 Å². The van der Waals surface area contributed by atoms with Gasteiger partial charge in [0.2, 0.25) is 0 Å². The van der Waals surface area contributed by atoms with E-state index in [0.717, 1.165) is 11.3 Å². The van der Waals surface area contributed by atoms with Gasteiger partial charge in [-0.25, -0.2) is 9.59 Å². The maximum atomic E-state index is 12.4. The summed E-state index contributed by atoms with van der Waals surface area (Å²) in [7, 11) is 0. The van der Waals surface area contributed by atoms with Crippen LogP contribution in [0.1, 0.15) is 5.56 Å². The van der Waals surface area contributed by atoms with Crippen LogP contribution >= 0.6 is 0 Å². The first-order valence-corrected chi connectivity index (χ1v) is 10.5. The molecule has 8 heteroatoms. The Morgan fingerprint density at radius 2 is 1.52 bits per heavy atom. The molecule has 8 nitrogen and oxygen atoms in total. The number of ether oxygens (including phenoxy) is 3. The van der Waals surface area contributed by atoms with E-state index < -0.39 is 0 Å². The maximum Gasteiger partial charge on any atom is 0.415 e. The summed E-state index contributed by atoms with van der Waals surface area (Å²) < 4.78 is 16.2. The number of benzene rings is 2. The SMILES string of the molecule is O=C(OCc1ccccc1)N1CCN(c2cccc(OC(=O)N3CCOCC3)c2)CC1. The van der Waals surface area contributed by atoms with Crippen LogP contribution in [-0.4, -0.2) is 74.5 Å². The van der Waals surface area contributed by atoms with Crippen molar-refractivity contribution in [1.29, 1.82) is 0 Å². The molecule has 31 heavy (non-hydrogen) atoms. The van der Waals surface area contributed by atoms with Gasteiger partial charge in [-0.2, -0.15) is 0 Å². The normalized spacial score (nSPS) is 16.7. The van der Waals surface area contributed by atoms with Gasteiger partial charge in [-0.3, -0.25) is 0 Å². The van der Waals surface area contributed by atoms with Crippen LogP contribution in [0.2, 0.25) is 0 Å². The number of nitrogens with zero attached hydrogens (tertiary/aromatic N) is 3. The monoisotopic (exact) mass is 425 g/mol. The molecule has 0 atom stereocenters. The fourth-order valence-corrected chi connectivity index (χ4v) is 3.61. The molecule has 2 amide bonds. The molecule has 0 bridgehead atoms. The predicted molar refractivity (Wildman–Crippen MR) is 115 cm³/mol. The Morgan fingerprint density at radius 1 is 0.806 bits per heavy atom. The Kier molecular flexibility index (Phi) is 6.89. The fourth-order valence-electron chi connectivity index (χ4n) is 3.61. The highest BCUT2D eigenvalue weighted by molar-refractivity contribution is 5.71. The molecular formula is C23H27N3O5. The maximum absolute atomic E-state index is 12.4.